The van der Waals surface area contributed by atoms with Crippen LogP contribution in [-0.4, -0.2) is 0 Å². The van der Waals surface area contributed by atoms with Gasteiger partial charge >= 0.3 is 0 Å². The molecule has 0 aliphatic rings. The fraction of sp³-hybridized carbons (Fsp3) is 0.875. The summed E-state index contributed by atoms with van der Waals surface area (Å²) in [5, 5.41) is 0. The molecule has 0 aromatic rings. The Morgan fingerprint density at radius 2 is 1.56 bits per heavy atom. The molecule has 0 saturated heterocycles. The fourth-order valence-electron chi connectivity index (χ4n) is 0.544. The molecule has 52 valence electrons. The van der Waals surface area contributed by atoms with Crippen molar-refractivity contribution in [2.75, 3.05) is 0 Å². The summed E-state index contributed by atoms with van der Waals surface area (Å²) in [6.07, 6.45) is 3.63. The Balaban J connectivity index is 0. The summed E-state index contributed by atoms with van der Waals surface area (Å²) in [6.45, 7) is 8.95. The van der Waals surface area contributed by atoms with Crippen LogP contribution in [-0.2, 0) is 0 Å². The van der Waals surface area contributed by atoms with Gasteiger partial charge in [-0.05, 0) is 0 Å². The van der Waals surface area contributed by atoms with Gasteiger partial charge in [-0.3, -0.25) is 0 Å². The van der Waals surface area contributed by atoms with E-state index in [4.69, 9.17) is 0 Å². The van der Waals surface area contributed by atoms with Crippen LogP contribution < -0.4 is 0 Å². The van der Waals surface area contributed by atoms with Crippen LogP contribution in [0.1, 0.15) is 34.1 Å². The van der Waals surface area contributed by atoms with Crippen LogP contribution in [0.15, 0.2) is 0 Å². The van der Waals surface area contributed by atoms with Crippen molar-refractivity contribution in [1.29, 1.82) is 0 Å². The fourth-order valence-corrected chi connectivity index (χ4v) is 0.544. The van der Waals surface area contributed by atoms with Gasteiger partial charge in [-0.15, -0.1) is 0 Å². The van der Waals surface area contributed by atoms with E-state index in [2.05, 4.69) is 34.1 Å². The first-order valence-corrected chi connectivity index (χ1v) is 3.46. The molecule has 1 heteroatoms. The first kappa shape index (κ1) is 10.9. The van der Waals surface area contributed by atoms with Crippen molar-refractivity contribution in [2.24, 2.45) is 11.8 Å². The summed E-state index contributed by atoms with van der Waals surface area (Å²) in [5.41, 5.74) is 0. The minimum Gasteiger partial charge on any atom is -0.326 e. The summed E-state index contributed by atoms with van der Waals surface area (Å²) in [7, 11) is 0. The second kappa shape index (κ2) is 5.14. The first-order chi connectivity index (χ1) is 3.63. The summed E-state index contributed by atoms with van der Waals surface area (Å²) in [6, 6.07) is 0. The van der Waals surface area contributed by atoms with E-state index in [1.807, 2.05) is 0 Å². The minimum atomic E-state index is 0. The maximum Gasteiger partial charge on any atom is 0 e. The molecular weight excluding hydrogens is 363 g/mol. The van der Waals surface area contributed by atoms with Gasteiger partial charge in [0.05, 0.1) is 0 Å². The molecule has 0 radical (unpaired) electrons. The molecule has 0 aromatic carbocycles. The van der Waals surface area contributed by atoms with Gasteiger partial charge in [-0.25, -0.2) is 0 Å². The van der Waals surface area contributed by atoms with E-state index in [1.54, 1.807) is 0 Å². The average Bonchev–Trinajstić information content (AvgIpc) is 1.61. The molecule has 0 saturated carbocycles. The Morgan fingerprint density at radius 3 is 1.67 bits per heavy atom. The van der Waals surface area contributed by atoms with Gasteiger partial charge in [-0.2, -0.15) is 12.3 Å². The first-order valence-electron chi connectivity index (χ1n) is 3.46. The second-order valence-electron chi connectivity index (χ2n) is 3.11. The molecule has 0 fully saturated rings. The van der Waals surface area contributed by atoms with Gasteiger partial charge < -0.3 is 6.42 Å². The van der Waals surface area contributed by atoms with Crippen molar-refractivity contribution >= 4 is 0 Å². The number of rotatable bonds is 3. The van der Waals surface area contributed by atoms with Crippen molar-refractivity contribution in [2.45, 2.75) is 34.1 Å². The van der Waals surface area contributed by atoms with E-state index in [1.165, 1.54) is 6.42 Å². The topological polar surface area (TPSA) is 0 Å². The van der Waals surface area contributed by atoms with Crippen molar-refractivity contribution in [1.82, 2.24) is 0 Å². The van der Waals surface area contributed by atoms with Crippen LogP contribution >= 0.6 is 0 Å². The Labute approximate surface area is 53.3 Å². The van der Waals surface area contributed by atoms with Crippen LogP contribution in [0, 0.1) is 18.3 Å². The van der Waals surface area contributed by atoms with Gasteiger partial charge in [0.2, 0.25) is 0 Å². The molecule has 0 aliphatic heterocycles. The minimum absolute atomic E-state index is 0. The molecule has 0 N–H and O–H groups in total. The van der Waals surface area contributed by atoms with Gasteiger partial charge in [0.15, 0.2) is 0 Å². The molecule has 0 rings (SSSR count). The quantitative estimate of drug-likeness (QED) is 0.661. The summed E-state index contributed by atoms with van der Waals surface area (Å²) < 4.78 is 0. The van der Waals surface area contributed by atoms with Crippen LogP contribution in [0.4, 0.5) is 0 Å². The normalized spacial score (nSPS) is 10.0. The van der Waals surface area contributed by atoms with E-state index in [-0.39, 0.29) is 0 Å². The SMILES string of the molecule is CC(C)[CH-]CC(C)C.[Rf]. The molecule has 0 atom stereocenters. The summed E-state index contributed by atoms with van der Waals surface area (Å²) in [5.74, 6) is 1.59. The monoisotopic (exact) mass is 380 g/mol. The molecule has 0 nitrogen and oxygen atoms in total. The van der Waals surface area contributed by atoms with Gasteiger partial charge in [0.25, 0.3) is 0 Å². The zero-order valence-corrected chi connectivity index (χ0v) is 13.5. The van der Waals surface area contributed by atoms with E-state index in [0.717, 1.165) is 11.8 Å². The molecule has 0 amide bonds. The molecular formula is C8H17Rf-. The van der Waals surface area contributed by atoms with E-state index in [9.17, 15) is 0 Å². The molecule has 0 spiro atoms. The maximum atomic E-state index is 2.37. The van der Waals surface area contributed by atoms with Crippen LogP contribution in [0.5, 0.6) is 0 Å². The third-order valence-corrected chi connectivity index (χ3v) is 1.08. The van der Waals surface area contributed by atoms with E-state index in [0.29, 0.717) is 0 Å². The Bertz CT molecular complexity index is 40.5. The van der Waals surface area contributed by atoms with Crippen LogP contribution in [0.3, 0.4) is 0 Å². The third kappa shape index (κ3) is 10.9. The van der Waals surface area contributed by atoms with Crippen molar-refractivity contribution in [3.05, 3.63) is 6.42 Å². The predicted octanol–water partition coefficient (Wildman–Crippen LogP) is 2.89. The van der Waals surface area contributed by atoms with Crippen LogP contribution in [0.25, 0.3) is 0 Å². The molecule has 9 heavy (non-hydrogen) atoms. The zero-order chi connectivity index (χ0) is 6.57. The smallest absolute Gasteiger partial charge is 0 e. The van der Waals surface area contributed by atoms with E-state index < -0.39 is 0 Å². The summed E-state index contributed by atoms with van der Waals surface area (Å²) >= 11 is 0. The van der Waals surface area contributed by atoms with Crippen molar-refractivity contribution in [3.8, 4) is 0 Å². The molecule has 0 unspecified atom stereocenters. The summed E-state index contributed by atoms with van der Waals surface area (Å²) in [4.78, 5) is 0. The Kier molecular flexibility index (Phi) is 6.22. The average molecular weight is 380 g/mol. The molecule has 0 heterocycles. The van der Waals surface area contributed by atoms with Gasteiger partial charge in [0, 0.05) is 0 Å². The maximum absolute atomic E-state index is 2.37. The van der Waals surface area contributed by atoms with E-state index >= 15 is 0 Å². The molecule has 0 bridgehead atoms. The van der Waals surface area contributed by atoms with Gasteiger partial charge in [0.1, 0.15) is 0 Å². The van der Waals surface area contributed by atoms with Gasteiger partial charge in [-0.1, -0.05) is 33.6 Å². The third-order valence-electron chi connectivity index (χ3n) is 1.08. The second-order valence-corrected chi connectivity index (χ2v) is 3.11. The number of hydrogen-bond donors (Lipinski definition) is 0. The number of hydrogen-bond acceptors (Lipinski definition) is 0. The largest absolute Gasteiger partial charge is 0.326 e. The molecule has 0 aliphatic carbocycles. The van der Waals surface area contributed by atoms with Crippen molar-refractivity contribution in [3.63, 3.8) is 0 Å². The standard InChI is InChI=1S/C8H17.Rf/c1-7(2)5-6-8(3)4;/h5,7-8H,6H2,1-4H3;/q-1;. The van der Waals surface area contributed by atoms with Crippen molar-refractivity contribution < 1.29 is 0 Å². The Hall–Kier alpha value is -1.00. The zero-order valence-electron chi connectivity index (χ0n) is 7.15. The Morgan fingerprint density at radius 1 is 1.11 bits per heavy atom. The van der Waals surface area contributed by atoms with Crippen LogP contribution in [0.2, 0.25) is 0 Å². The molecule has 0 aromatic heterocycles. The predicted molar refractivity (Wildman–Crippen MR) is 38.6 cm³/mol.